The average molecular weight is 421 g/mol. The number of halogens is 3. The highest BCUT2D eigenvalue weighted by Crippen LogP contribution is 2.28. The molecule has 1 unspecified atom stereocenters. The Morgan fingerprint density at radius 1 is 1.28 bits per heavy atom. The number of rotatable bonds is 5. The predicted octanol–water partition coefficient (Wildman–Crippen LogP) is 3.74. The predicted molar refractivity (Wildman–Crippen MR) is 107 cm³/mol. The van der Waals surface area contributed by atoms with Gasteiger partial charge in [0.2, 0.25) is 5.91 Å². The highest BCUT2D eigenvalue weighted by Gasteiger charge is 2.26. The number of hydrogen-bond donors (Lipinski definition) is 2. The number of nitrogens with one attached hydrogen (secondary N) is 2. The number of benzene rings is 1. The van der Waals surface area contributed by atoms with Crippen LogP contribution >= 0.6 is 46.9 Å². The molecule has 0 bridgehead atoms. The maximum atomic E-state index is 12.3. The molecular weight excluding hydrogens is 401 g/mol. The van der Waals surface area contributed by atoms with Gasteiger partial charge >= 0.3 is 0 Å². The summed E-state index contributed by atoms with van der Waals surface area (Å²) in [5.41, 5.74) is 1.06. The van der Waals surface area contributed by atoms with Crippen molar-refractivity contribution in [1.29, 1.82) is 0 Å². The largest absolute Gasteiger partial charge is 0.350 e. The minimum absolute atomic E-state index is 0. The van der Waals surface area contributed by atoms with E-state index in [-0.39, 0.29) is 24.4 Å². The molecule has 0 spiro atoms. The summed E-state index contributed by atoms with van der Waals surface area (Å²) in [6, 6.07) is 11.7. The van der Waals surface area contributed by atoms with E-state index in [1.54, 1.807) is 0 Å². The molecule has 1 fully saturated rings. The fourth-order valence-electron chi connectivity index (χ4n) is 2.86. The van der Waals surface area contributed by atoms with E-state index in [9.17, 15) is 4.79 Å². The molecule has 2 N–H and O–H groups in total. The van der Waals surface area contributed by atoms with Crippen LogP contribution in [-0.4, -0.2) is 37.0 Å². The summed E-state index contributed by atoms with van der Waals surface area (Å²) < 4.78 is 0.736. The molecule has 0 aliphatic carbocycles. The van der Waals surface area contributed by atoms with Crippen molar-refractivity contribution in [2.24, 2.45) is 0 Å². The normalized spacial score (nSPS) is 17.8. The minimum atomic E-state index is 0. The summed E-state index contributed by atoms with van der Waals surface area (Å²) >= 11 is 13.7. The lowest BCUT2D eigenvalue weighted by molar-refractivity contribution is -0.123. The highest BCUT2D eigenvalue weighted by atomic mass is 35.5. The third kappa shape index (κ3) is 5.58. The van der Waals surface area contributed by atoms with E-state index in [0.717, 1.165) is 39.4 Å². The first-order valence-electron chi connectivity index (χ1n) is 7.83. The van der Waals surface area contributed by atoms with E-state index in [1.165, 1.54) is 11.3 Å². The minimum Gasteiger partial charge on any atom is -0.350 e. The summed E-state index contributed by atoms with van der Waals surface area (Å²) in [7, 11) is 0. The third-order valence-electron chi connectivity index (χ3n) is 4.05. The van der Waals surface area contributed by atoms with E-state index in [1.807, 2.05) is 36.4 Å². The second-order valence-electron chi connectivity index (χ2n) is 5.69. The Morgan fingerprint density at radius 3 is 2.80 bits per heavy atom. The first-order chi connectivity index (χ1) is 11.6. The van der Waals surface area contributed by atoms with Gasteiger partial charge in [-0.2, -0.15) is 0 Å². The van der Waals surface area contributed by atoms with Crippen molar-refractivity contribution in [1.82, 2.24) is 15.5 Å². The van der Waals surface area contributed by atoms with E-state index < -0.39 is 0 Å². The Labute approximate surface area is 167 Å². The monoisotopic (exact) mass is 419 g/mol. The molecule has 1 aromatic heterocycles. The summed E-state index contributed by atoms with van der Waals surface area (Å²) in [4.78, 5) is 15.5. The molecule has 0 radical (unpaired) electrons. The molecule has 8 heteroatoms. The van der Waals surface area contributed by atoms with Crippen LogP contribution in [0.5, 0.6) is 0 Å². The van der Waals surface area contributed by atoms with Crippen LogP contribution < -0.4 is 10.6 Å². The molecule has 1 saturated heterocycles. The molecule has 2 aromatic rings. The van der Waals surface area contributed by atoms with Crippen molar-refractivity contribution in [3.05, 3.63) is 56.2 Å². The molecule has 3 rings (SSSR count). The van der Waals surface area contributed by atoms with Crippen molar-refractivity contribution >= 4 is 52.9 Å². The van der Waals surface area contributed by atoms with Gasteiger partial charge in [-0.25, -0.2) is 0 Å². The van der Waals surface area contributed by atoms with E-state index in [4.69, 9.17) is 23.2 Å². The Bertz CT molecular complexity index is 710. The summed E-state index contributed by atoms with van der Waals surface area (Å²) in [5.74, 6) is 0.0125. The van der Waals surface area contributed by atoms with Crippen molar-refractivity contribution in [2.45, 2.75) is 12.6 Å². The number of carbonyl (C=O) groups excluding carboxylic acids is 1. The van der Waals surface area contributed by atoms with Gasteiger partial charge < -0.3 is 10.6 Å². The van der Waals surface area contributed by atoms with Gasteiger partial charge in [0, 0.05) is 35.6 Å². The van der Waals surface area contributed by atoms with Gasteiger partial charge in [-0.1, -0.05) is 41.4 Å². The second kappa shape index (κ2) is 9.76. The number of carbonyl (C=O) groups is 1. The summed E-state index contributed by atoms with van der Waals surface area (Å²) in [6.07, 6.45) is 0. The second-order valence-corrected chi connectivity index (χ2v) is 7.90. The number of thiophene rings is 1. The van der Waals surface area contributed by atoms with Gasteiger partial charge in [0.1, 0.15) is 0 Å². The molecule has 4 nitrogen and oxygen atoms in total. The van der Waals surface area contributed by atoms with Gasteiger partial charge in [-0.05, 0) is 23.8 Å². The van der Waals surface area contributed by atoms with E-state index >= 15 is 0 Å². The van der Waals surface area contributed by atoms with Crippen LogP contribution in [0.1, 0.15) is 16.5 Å². The lowest BCUT2D eigenvalue weighted by Crippen LogP contribution is -2.49. The van der Waals surface area contributed by atoms with Gasteiger partial charge in [0.25, 0.3) is 0 Å². The topological polar surface area (TPSA) is 44.4 Å². The van der Waals surface area contributed by atoms with Crippen LogP contribution in [-0.2, 0) is 11.3 Å². The van der Waals surface area contributed by atoms with Gasteiger partial charge in [0.15, 0.2) is 0 Å². The number of amides is 1. The average Bonchev–Trinajstić information content (AvgIpc) is 3.00. The Morgan fingerprint density at radius 2 is 2.08 bits per heavy atom. The smallest absolute Gasteiger partial charge is 0.234 e. The first-order valence-corrected chi connectivity index (χ1v) is 9.41. The van der Waals surface area contributed by atoms with Crippen LogP contribution in [0, 0.1) is 0 Å². The molecule has 25 heavy (non-hydrogen) atoms. The van der Waals surface area contributed by atoms with Gasteiger partial charge in [-0.3, -0.25) is 9.69 Å². The van der Waals surface area contributed by atoms with Crippen LogP contribution in [0.4, 0.5) is 0 Å². The number of piperazine rings is 1. The van der Waals surface area contributed by atoms with Crippen molar-refractivity contribution in [2.75, 3.05) is 26.2 Å². The molecule has 2 heterocycles. The molecule has 0 saturated carbocycles. The lowest BCUT2D eigenvalue weighted by atomic mass is 10.0. The Balaban J connectivity index is 0.00000225. The molecule has 1 aromatic carbocycles. The fourth-order valence-corrected chi connectivity index (χ4v) is 4.15. The van der Waals surface area contributed by atoms with Gasteiger partial charge in [0.05, 0.1) is 17.4 Å². The number of nitrogens with zero attached hydrogens (tertiary/aromatic N) is 1. The summed E-state index contributed by atoms with van der Waals surface area (Å²) in [5, 5.41) is 7.08. The van der Waals surface area contributed by atoms with Crippen LogP contribution in [0.3, 0.4) is 0 Å². The lowest BCUT2D eigenvalue weighted by Gasteiger charge is -2.36. The number of hydrogen-bond acceptors (Lipinski definition) is 4. The van der Waals surface area contributed by atoms with Crippen LogP contribution in [0.2, 0.25) is 9.36 Å². The third-order valence-corrected chi connectivity index (χ3v) is 5.63. The van der Waals surface area contributed by atoms with Crippen molar-refractivity contribution in [3.8, 4) is 0 Å². The standard InChI is InChI=1S/C17H19Cl2N3OS.ClH/c18-14-4-2-1-3-13(14)15-10-20-7-8-22(15)11-17(23)21-9-12-5-6-16(19)24-12;/h1-6,15,20H,7-11H2,(H,21,23);1H. The van der Waals surface area contributed by atoms with Crippen LogP contribution in [0.25, 0.3) is 0 Å². The van der Waals surface area contributed by atoms with E-state index in [2.05, 4.69) is 15.5 Å². The zero-order chi connectivity index (χ0) is 16.9. The molecule has 1 atom stereocenters. The zero-order valence-electron chi connectivity index (χ0n) is 13.5. The fraction of sp³-hybridized carbons (Fsp3) is 0.353. The Hall–Kier alpha value is -0.820. The van der Waals surface area contributed by atoms with Crippen molar-refractivity contribution < 1.29 is 4.79 Å². The van der Waals surface area contributed by atoms with Crippen molar-refractivity contribution in [3.63, 3.8) is 0 Å². The van der Waals surface area contributed by atoms with Gasteiger partial charge in [-0.15, -0.1) is 23.7 Å². The quantitative estimate of drug-likeness (QED) is 0.774. The SMILES string of the molecule is Cl.O=C(CN1CCNCC1c1ccccc1Cl)NCc1ccc(Cl)s1. The Kier molecular flexibility index (Phi) is 8.00. The molecule has 136 valence electrons. The molecule has 1 aliphatic rings. The van der Waals surface area contributed by atoms with Crippen LogP contribution in [0.15, 0.2) is 36.4 Å². The summed E-state index contributed by atoms with van der Waals surface area (Å²) in [6.45, 7) is 3.34. The molecular formula is C17H20Cl3N3OS. The molecule has 1 aliphatic heterocycles. The maximum absolute atomic E-state index is 12.3. The zero-order valence-corrected chi connectivity index (χ0v) is 16.6. The maximum Gasteiger partial charge on any atom is 0.234 e. The van der Waals surface area contributed by atoms with E-state index in [0.29, 0.717) is 13.1 Å². The highest BCUT2D eigenvalue weighted by molar-refractivity contribution is 7.16. The first kappa shape index (κ1) is 20.5. The molecule has 1 amide bonds.